The van der Waals surface area contributed by atoms with Gasteiger partial charge in [-0.15, -0.1) is 5.10 Å². The zero-order chi connectivity index (χ0) is 15.5. The molecule has 5 heteroatoms. The molecule has 0 atom stereocenters. The fourth-order valence-corrected chi connectivity index (χ4v) is 2.06. The molecule has 0 fully saturated rings. The summed E-state index contributed by atoms with van der Waals surface area (Å²) < 4.78 is 18.4. The molecule has 0 saturated carbocycles. The normalized spacial score (nSPS) is 10.9. The number of anilines is 2. The van der Waals surface area contributed by atoms with Gasteiger partial charge >= 0.3 is 6.01 Å². The fraction of sp³-hybridized carbons (Fsp3) is 0.176. The third-order valence-corrected chi connectivity index (χ3v) is 3.34. The van der Waals surface area contributed by atoms with Crippen molar-refractivity contribution in [1.29, 1.82) is 0 Å². The molecule has 0 aliphatic carbocycles. The first-order valence-electron chi connectivity index (χ1n) is 7.08. The van der Waals surface area contributed by atoms with Crippen molar-refractivity contribution in [3.8, 4) is 11.5 Å². The number of rotatable bonds is 4. The Balaban J connectivity index is 1.77. The summed E-state index contributed by atoms with van der Waals surface area (Å²) in [7, 11) is 0. The van der Waals surface area contributed by atoms with Crippen LogP contribution in [-0.4, -0.2) is 10.2 Å². The molecule has 112 valence electrons. The largest absolute Gasteiger partial charge is 0.403 e. The Bertz CT molecular complexity index is 748. The number of nitrogens with zero attached hydrogens (tertiary/aromatic N) is 2. The van der Waals surface area contributed by atoms with E-state index in [0.717, 1.165) is 5.56 Å². The number of hydrogen-bond acceptors (Lipinski definition) is 4. The molecule has 4 nitrogen and oxygen atoms in total. The quantitative estimate of drug-likeness (QED) is 0.755. The zero-order valence-electron chi connectivity index (χ0n) is 12.4. The van der Waals surface area contributed by atoms with Crippen LogP contribution in [0.3, 0.4) is 0 Å². The molecular formula is C17H16FN3O. The molecule has 3 aromatic rings. The van der Waals surface area contributed by atoms with Gasteiger partial charge in [0, 0.05) is 11.3 Å². The fourth-order valence-electron chi connectivity index (χ4n) is 2.06. The Morgan fingerprint density at radius 1 is 0.955 bits per heavy atom. The Labute approximate surface area is 128 Å². The van der Waals surface area contributed by atoms with E-state index in [9.17, 15) is 4.39 Å². The molecule has 0 aliphatic rings. The van der Waals surface area contributed by atoms with Crippen LogP contribution in [-0.2, 0) is 0 Å². The SMILES string of the molecule is CC(C)c1ccc(-c2nnc(Nc3ccc(F)cc3)o2)cc1. The molecule has 1 heterocycles. The van der Waals surface area contributed by atoms with Gasteiger partial charge in [0.15, 0.2) is 0 Å². The lowest BCUT2D eigenvalue weighted by atomic mass is 10.0. The van der Waals surface area contributed by atoms with Gasteiger partial charge in [0.2, 0.25) is 5.89 Å². The highest BCUT2D eigenvalue weighted by Crippen LogP contribution is 2.24. The van der Waals surface area contributed by atoms with Gasteiger partial charge in [-0.1, -0.05) is 31.1 Å². The lowest BCUT2D eigenvalue weighted by molar-refractivity contribution is 0.587. The van der Waals surface area contributed by atoms with Crippen LogP contribution in [0, 0.1) is 5.82 Å². The molecule has 0 saturated heterocycles. The van der Waals surface area contributed by atoms with Crippen LogP contribution in [0.1, 0.15) is 25.3 Å². The van der Waals surface area contributed by atoms with Crippen LogP contribution in [0.15, 0.2) is 52.9 Å². The molecule has 0 amide bonds. The molecule has 0 unspecified atom stereocenters. The van der Waals surface area contributed by atoms with Gasteiger partial charge in [-0.3, -0.25) is 0 Å². The smallest absolute Gasteiger partial charge is 0.320 e. The molecular weight excluding hydrogens is 281 g/mol. The average molecular weight is 297 g/mol. The van der Waals surface area contributed by atoms with Crippen molar-refractivity contribution < 1.29 is 8.81 Å². The number of hydrogen-bond donors (Lipinski definition) is 1. The van der Waals surface area contributed by atoms with E-state index in [1.165, 1.54) is 17.7 Å². The topological polar surface area (TPSA) is 51.0 Å². The Morgan fingerprint density at radius 3 is 2.27 bits per heavy atom. The molecule has 3 rings (SSSR count). The Kier molecular flexibility index (Phi) is 3.87. The average Bonchev–Trinajstić information content (AvgIpc) is 2.98. The number of aromatic nitrogens is 2. The Hall–Kier alpha value is -2.69. The highest BCUT2D eigenvalue weighted by Gasteiger charge is 2.09. The predicted molar refractivity (Wildman–Crippen MR) is 83.5 cm³/mol. The lowest BCUT2D eigenvalue weighted by Crippen LogP contribution is -1.90. The summed E-state index contributed by atoms with van der Waals surface area (Å²) in [5.41, 5.74) is 2.81. The van der Waals surface area contributed by atoms with Crippen LogP contribution < -0.4 is 5.32 Å². The Morgan fingerprint density at radius 2 is 1.64 bits per heavy atom. The standard InChI is InChI=1S/C17H16FN3O/c1-11(2)12-3-5-13(6-4-12)16-20-21-17(22-16)19-15-9-7-14(18)8-10-15/h3-11H,1-2H3,(H,19,21). The van der Waals surface area contributed by atoms with Crippen LogP contribution in [0.2, 0.25) is 0 Å². The van der Waals surface area contributed by atoms with E-state index < -0.39 is 0 Å². The van der Waals surface area contributed by atoms with Crippen LogP contribution in [0.4, 0.5) is 16.1 Å². The first-order valence-corrected chi connectivity index (χ1v) is 7.08. The minimum atomic E-state index is -0.290. The summed E-state index contributed by atoms with van der Waals surface area (Å²) >= 11 is 0. The predicted octanol–water partition coefficient (Wildman–Crippen LogP) is 4.74. The van der Waals surface area contributed by atoms with Crippen molar-refractivity contribution in [3.05, 3.63) is 59.9 Å². The second kappa shape index (κ2) is 5.97. The zero-order valence-corrected chi connectivity index (χ0v) is 12.4. The third kappa shape index (κ3) is 3.14. The van der Waals surface area contributed by atoms with E-state index in [2.05, 4.69) is 41.5 Å². The van der Waals surface area contributed by atoms with E-state index >= 15 is 0 Å². The van der Waals surface area contributed by atoms with Gasteiger partial charge in [-0.05, 0) is 47.9 Å². The molecule has 0 aliphatic heterocycles. The highest BCUT2D eigenvalue weighted by atomic mass is 19.1. The monoisotopic (exact) mass is 297 g/mol. The molecule has 2 aromatic carbocycles. The van der Waals surface area contributed by atoms with Crippen molar-refractivity contribution >= 4 is 11.7 Å². The van der Waals surface area contributed by atoms with E-state index in [-0.39, 0.29) is 11.8 Å². The summed E-state index contributed by atoms with van der Waals surface area (Å²) in [6.07, 6.45) is 0. The van der Waals surface area contributed by atoms with Crippen molar-refractivity contribution in [3.63, 3.8) is 0 Å². The molecule has 1 aromatic heterocycles. The minimum Gasteiger partial charge on any atom is -0.403 e. The lowest BCUT2D eigenvalue weighted by Gasteiger charge is -2.04. The highest BCUT2D eigenvalue weighted by molar-refractivity contribution is 5.56. The summed E-state index contributed by atoms with van der Waals surface area (Å²) in [5, 5.41) is 10.9. The van der Waals surface area contributed by atoms with Crippen molar-refractivity contribution in [1.82, 2.24) is 10.2 Å². The van der Waals surface area contributed by atoms with E-state index in [4.69, 9.17) is 4.42 Å². The van der Waals surface area contributed by atoms with E-state index in [1.54, 1.807) is 12.1 Å². The second-order valence-corrected chi connectivity index (χ2v) is 5.32. The van der Waals surface area contributed by atoms with Gasteiger partial charge < -0.3 is 9.73 Å². The van der Waals surface area contributed by atoms with Gasteiger partial charge in [0.05, 0.1) is 0 Å². The first kappa shape index (κ1) is 14.3. The molecule has 1 N–H and O–H groups in total. The van der Waals surface area contributed by atoms with Crippen molar-refractivity contribution in [2.45, 2.75) is 19.8 Å². The van der Waals surface area contributed by atoms with Crippen molar-refractivity contribution in [2.75, 3.05) is 5.32 Å². The molecule has 0 bridgehead atoms. The van der Waals surface area contributed by atoms with Crippen LogP contribution in [0.5, 0.6) is 0 Å². The molecule has 0 radical (unpaired) electrons. The summed E-state index contributed by atoms with van der Waals surface area (Å²) in [6, 6.07) is 14.3. The summed E-state index contributed by atoms with van der Waals surface area (Å²) in [6.45, 7) is 4.29. The van der Waals surface area contributed by atoms with Gasteiger partial charge in [0.25, 0.3) is 0 Å². The van der Waals surface area contributed by atoms with Gasteiger partial charge in [-0.25, -0.2) is 4.39 Å². The summed E-state index contributed by atoms with van der Waals surface area (Å²) in [4.78, 5) is 0. The number of halogens is 1. The van der Waals surface area contributed by atoms with Gasteiger partial charge in [-0.2, -0.15) is 0 Å². The number of nitrogens with one attached hydrogen (secondary N) is 1. The van der Waals surface area contributed by atoms with Crippen LogP contribution in [0.25, 0.3) is 11.5 Å². The first-order chi connectivity index (χ1) is 10.6. The van der Waals surface area contributed by atoms with Crippen LogP contribution >= 0.6 is 0 Å². The maximum Gasteiger partial charge on any atom is 0.320 e. The third-order valence-electron chi connectivity index (χ3n) is 3.34. The number of benzene rings is 2. The molecule has 0 spiro atoms. The minimum absolute atomic E-state index is 0.273. The maximum absolute atomic E-state index is 12.9. The molecule has 22 heavy (non-hydrogen) atoms. The van der Waals surface area contributed by atoms with Crippen molar-refractivity contribution in [2.24, 2.45) is 0 Å². The van der Waals surface area contributed by atoms with Gasteiger partial charge in [0.1, 0.15) is 5.82 Å². The van der Waals surface area contributed by atoms with E-state index in [1.807, 2.05) is 12.1 Å². The van der Waals surface area contributed by atoms with E-state index in [0.29, 0.717) is 17.5 Å². The summed E-state index contributed by atoms with van der Waals surface area (Å²) in [5.74, 6) is 0.634. The maximum atomic E-state index is 12.9. The second-order valence-electron chi connectivity index (χ2n) is 5.32.